The molecule has 3 heterocycles. The normalized spacial score (nSPS) is 17.8. The van der Waals surface area contributed by atoms with E-state index < -0.39 is 0 Å². The highest BCUT2D eigenvalue weighted by molar-refractivity contribution is 7.99. The smallest absolute Gasteiger partial charge is 0.278 e. The number of aromatic amines is 1. The van der Waals surface area contributed by atoms with E-state index in [1.165, 1.54) is 16.4 Å². The molecule has 1 unspecified atom stereocenters. The monoisotopic (exact) mass is 270 g/mol. The van der Waals surface area contributed by atoms with Gasteiger partial charge in [-0.25, -0.2) is 9.97 Å². The van der Waals surface area contributed by atoms with Gasteiger partial charge in [0.2, 0.25) is 0 Å². The fourth-order valence-corrected chi connectivity index (χ4v) is 3.63. The summed E-state index contributed by atoms with van der Waals surface area (Å²) in [4.78, 5) is 21.5. The van der Waals surface area contributed by atoms with Gasteiger partial charge >= 0.3 is 0 Å². The molecule has 4 rings (SSSR count). The van der Waals surface area contributed by atoms with E-state index in [-0.39, 0.29) is 10.8 Å². The molecule has 1 aliphatic rings. The molecule has 0 spiro atoms. The van der Waals surface area contributed by atoms with Crippen LogP contribution in [0.15, 0.2) is 46.3 Å². The molecular weight excluding hydrogens is 260 g/mol. The van der Waals surface area contributed by atoms with Crippen molar-refractivity contribution in [1.82, 2.24) is 19.6 Å². The van der Waals surface area contributed by atoms with E-state index >= 15 is 0 Å². The Bertz CT molecular complexity index is 808. The molecule has 0 saturated heterocycles. The summed E-state index contributed by atoms with van der Waals surface area (Å²) >= 11 is 1.59. The first-order valence-electron chi connectivity index (χ1n) is 5.99. The fourth-order valence-electron chi connectivity index (χ4n) is 2.35. The molecular formula is C13H10N4OS. The average Bonchev–Trinajstić information content (AvgIpc) is 3.06. The minimum absolute atomic E-state index is 0.0547. The summed E-state index contributed by atoms with van der Waals surface area (Å²) in [5.41, 5.74) is 2.03. The van der Waals surface area contributed by atoms with Crippen LogP contribution in [0.1, 0.15) is 16.5 Å². The molecule has 0 aliphatic carbocycles. The molecule has 94 valence electrons. The zero-order valence-electron chi connectivity index (χ0n) is 9.91. The lowest BCUT2D eigenvalue weighted by molar-refractivity contribution is 0.826. The number of benzene rings is 1. The van der Waals surface area contributed by atoms with E-state index in [0.29, 0.717) is 5.78 Å². The van der Waals surface area contributed by atoms with Crippen LogP contribution in [-0.2, 0) is 6.42 Å². The number of hydrogen-bond donors (Lipinski definition) is 1. The van der Waals surface area contributed by atoms with Crippen molar-refractivity contribution in [2.45, 2.75) is 16.6 Å². The van der Waals surface area contributed by atoms with Crippen molar-refractivity contribution in [2.24, 2.45) is 0 Å². The highest BCUT2D eigenvalue weighted by atomic mass is 32.2. The minimum Gasteiger partial charge on any atom is -0.278 e. The third-order valence-corrected chi connectivity index (χ3v) is 4.64. The summed E-state index contributed by atoms with van der Waals surface area (Å²) in [6.45, 7) is 0. The van der Waals surface area contributed by atoms with Crippen LogP contribution in [0, 0.1) is 0 Å². The van der Waals surface area contributed by atoms with Gasteiger partial charge < -0.3 is 0 Å². The second kappa shape index (κ2) is 3.96. The third-order valence-electron chi connectivity index (χ3n) is 3.27. The van der Waals surface area contributed by atoms with Crippen LogP contribution in [0.4, 0.5) is 0 Å². The zero-order valence-corrected chi connectivity index (χ0v) is 10.7. The van der Waals surface area contributed by atoms with Gasteiger partial charge in [-0.15, -0.1) is 11.8 Å². The molecule has 5 nitrogen and oxygen atoms in total. The molecule has 1 atom stereocenters. The summed E-state index contributed by atoms with van der Waals surface area (Å²) < 4.78 is 1.39. The summed E-state index contributed by atoms with van der Waals surface area (Å²) in [5.74, 6) is 0.443. The number of fused-ring (bicyclic) bond motifs is 2. The van der Waals surface area contributed by atoms with Gasteiger partial charge in [0.25, 0.3) is 11.3 Å². The Morgan fingerprint density at radius 3 is 3.00 bits per heavy atom. The van der Waals surface area contributed by atoms with Gasteiger partial charge in [-0.2, -0.15) is 4.52 Å². The Morgan fingerprint density at radius 1 is 1.32 bits per heavy atom. The van der Waals surface area contributed by atoms with Crippen LogP contribution >= 0.6 is 11.8 Å². The van der Waals surface area contributed by atoms with Crippen molar-refractivity contribution >= 4 is 17.5 Å². The van der Waals surface area contributed by atoms with Crippen LogP contribution in [0.2, 0.25) is 0 Å². The Balaban J connectivity index is 1.82. The van der Waals surface area contributed by atoms with Gasteiger partial charge in [0.05, 0.1) is 10.6 Å². The van der Waals surface area contributed by atoms with Crippen molar-refractivity contribution in [3.63, 3.8) is 0 Å². The Morgan fingerprint density at radius 2 is 2.16 bits per heavy atom. The molecule has 1 N–H and O–H groups in total. The Labute approximate surface area is 112 Å². The van der Waals surface area contributed by atoms with Crippen molar-refractivity contribution in [3.8, 4) is 0 Å². The summed E-state index contributed by atoms with van der Waals surface area (Å²) in [5, 5.41) is 3.06. The molecule has 2 aromatic heterocycles. The van der Waals surface area contributed by atoms with Crippen molar-refractivity contribution in [1.29, 1.82) is 0 Å². The lowest BCUT2D eigenvalue weighted by Crippen LogP contribution is -2.17. The Kier molecular flexibility index (Phi) is 2.25. The maximum atomic E-state index is 12.3. The van der Waals surface area contributed by atoms with Crippen LogP contribution in [0.25, 0.3) is 5.78 Å². The number of nitrogens with one attached hydrogen (secondary N) is 1. The average molecular weight is 270 g/mol. The molecule has 1 aromatic carbocycles. The largest absolute Gasteiger partial charge is 0.287 e. The third kappa shape index (κ3) is 1.60. The van der Waals surface area contributed by atoms with Crippen LogP contribution in [-0.4, -0.2) is 19.6 Å². The predicted octanol–water partition coefficient (Wildman–Crippen LogP) is 1.81. The molecule has 1 aliphatic heterocycles. The minimum atomic E-state index is -0.0547. The molecule has 0 radical (unpaired) electrons. The lowest BCUT2D eigenvalue weighted by atomic mass is 10.1. The van der Waals surface area contributed by atoms with Gasteiger partial charge in [0.1, 0.15) is 6.33 Å². The first kappa shape index (κ1) is 10.8. The molecule has 3 aromatic rings. The predicted molar refractivity (Wildman–Crippen MR) is 72.4 cm³/mol. The van der Waals surface area contributed by atoms with Gasteiger partial charge in [-0.05, 0) is 5.56 Å². The Hall–Kier alpha value is -2.08. The number of rotatable bonds is 1. The molecule has 0 fully saturated rings. The van der Waals surface area contributed by atoms with Gasteiger partial charge in [0.15, 0.2) is 0 Å². The second-order valence-corrected chi connectivity index (χ2v) is 5.65. The first-order valence-corrected chi connectivity index (χ1v) is 6.87. The van der Waals surface area contributed by atoms with Crippen LogP contribution in [0.3, 0.4) is 0 Å². The summed E-state index contributed by atoms with van der Waals surface area (Å²) in [6, 6.07) is 10.2. The van der Waals surface area contributed by atoms with E-state index in [1.54, 1.807) is 11.8 Å². The number of nitrogens with zero attached hydrogens (tertiary/aromatic N) is 3. The lowest BCUT2D eigenvalue weighted by Gasteiger charge is -2.06. The van der Waals surface area contributed by atoms with Crippen LogP contribution in [0.5, 0.6) is 0 Å². The zero-order chi connectivity index (χ0) is 12.8. The number of hydrogen-bond acceptors (Lipinski definition) is 4. The van der Waals surface area contributed by atoms with Crippen molar-refractivity contribution in [2.75, 3.05) is 0 Å². The van der Waals surface area contributed by atoms with Crippen LogP contribution < -0.4 is 5.56 Å². The number of aromatic nitrogens is 4. The van der Waals surface area contributed by atoms with Gasteiger partial charge in [-0.1, -0.05) is 30.3 Å². The topological polar surface area (TPSA) is 63.0 Å². The molecule has 6 heteroatoms. The highest BCUT2D eigenvalue weighted by Crippen LogP contribution is 2.43. The van der Waals surface area contributed by atoms with E-state index in [1.807, 2.05) is 18.2 Å². The quantitative estimate of drug-likeness (QED) is 0.732. The number of thioether (sulfide) groups is 1. The summed E-state index contributed by atoms with van der Waals surface area (Å²) in [6.07, 6.45) is 2.26. The second-order valence-electron chi connectivity index (χ2n) is 4.44. The SMILES string of the molecule is O=c1c2c(nc3nc[nH]n13)CC(c1ccccc1)S2. The molecule has 19 heavy (non-hydrogen) atoms. The summed E-state index contributed by atoms with van der Waals surface area (Å²) in [7, 11) is 0. The van der Waals surface area contributed by atoms with Crippen molar-refractivity contribution in [3.05, 3.63) is 58.3 Å². The molecule has 0 bridgehead atoms. The maximum absolute atomic E-state index is 12.3. The van der Waals surface area contributed by atoms with Crippen molar-refractivity contribution < 1.29 is 0 Å². The number of H-pyrrole nitrogens is 1. The van der Waals surface area contributed by atoms with E-state index in [9.17, 15) is 4.79 Å². The highest BCUT2D eigenvalue weighted by Gasteiger charge is 2.28. The van der Waals surface area contributed by atoms with E-state index in [0.717, 1.165) is 17.0 Å². The standard InChI is InChI=1S/C13H10N4OS/c18-12-11-9(16-13-14-7-15-17(12)13)6-10(19-11)8-4-2-1-3-5-8/h1-5,7,10H,6H2,(H,14,15,16). The van der Waals surface area contributed by atoms with Gasteiger partial charge in [0, 0.05) is 11.7 Å². The molecule has 0 amide bonds. The first-order chi connectivity index (χ1) is 9.33. The molecule has 0 saturated carbocycles. The fraction of sp³-hybridized carbons (Fsp3) is 0.154. The maximum Gasteiger partial charge on any atom is 0.287 e. The van der Waals surface area contributed by atoms with E-state index in [2.05, 4.69) is 27.2 Å². The van der Waals surface area contributed by atoms with E-state index in [4.69, 9.17) is 0 Å². The van der Waals surface area contributed by atoms with Gasteiger partial charge in [-0.3, -0.25) is 9.89 Å².